The number of hydrogen-bond acceptors (Lipinski definition) is 1. The third-order valence-electron chi connectivity index (χ3n) is 5.55. The molecule has 0 heterocycles. The van der Waals surface area contributed by atoms with Crippen LogP contribution >= 0.6 is 0 Å². The van der Waals surface area contributed by atoms with Crippen molar-refractivity contribution in [1.29, 1.82) is 0 Å². The molecule has 1 rings (SSSR count). The average molecular weight is 253 g/mol. The van der Waals surface area contributed by atoms with Crippen molar-refractivity contribution in [2.24, 2.45) is 16.7 Å². The van der Waals surface area contributed by atoms with Crippen LogP contribution in [0.15, 0.2) is 0 Å². The molecule has 1 nitrogen and oxygen atoms in total. The van der Waals surface area contributed by atoms with Gasteiger partial charge in [0.1, 0.15) is 0 Å². The Kier molecular flexibility index (Phi) is 3.76. The fraction of sp³-hybridized carbons (Fsp3) is 1.00. The maximum absolute atomic E-state index is 2.68. The van der Waals surface area contributed by atoms with Crippen molar-refractivity contribution >= 4 is 0 Å². The van der Waals surface area contributed by atoms with Gasteiger partial charge in [0.25, 0.3) is 0 Å². The molecule has 108 valence electrons. The van der Waals surface area contributed by atoms with Crippen LogP contribution in [-0.4, -0.2) is 23.0 Å². The van der Waals surface area contributed by atoms with E-state index in [2.05, 4.69) is 74.3 Å². The van der Waals surface area contributed by atoms with Crippen LogP contribution in [0.3, 0.4) is 0 Å². The molecule has 0 radical (unpaired) electrons. The van der Waals surface area contributed by atoms with Gasteiger partial charge in [0.15, 0.2) is 0 Å². The van der Waals surface area contributed by atoms with Gasteiger partial charge in [-0.05, 0) is 51.0 Å². The second kappa shape index (κ2) is 4.23. The fourth-order valence-electron chi connectivity index (χ4n) is 5.17. The predicted molar refractivity (Wildman–Crippen MR) is 81.9 cm³/mol. The van der Waals surface area contributed by atoms with Gasteiger partial charge in [0.2, 0.25) is 0 Å². The normalized spacial score (nSPS) is 32.5. The topological polar surface area (TPSA) is 3.24 Å². The second-order valence-electron chi connectivity index (χ2n) is 8.94. The van der Waals surface area contributed by atoms with E-state index in [1.807, 2.05) is 0 Å². The minimum atomic E-state index is 0.221. The first-order valence-electron chi connectivity index (χ1n) is 7.56. The van der Waals surface area contributed by atoms with Gasteiger partial charge < -0.3 is 0 Å². The zero-order valence-electron chi connectivity index (χ0n) is 14.4. The van der Waals surface area contributed by atoms with Crippen LogP contribution in [0.1, 0.15) is 75.2 Å². The highest BCUT2D eigenvalue weighted by Crippen LogP contribution is 2.66. The monoisotopic (exact) mass is 253 g/mol. The van der Waals surface area contributed by atoms with Crippen LogP contribution in [0.5, 0.6) is 0 Å². The maximum atomic E-state index is 2.68. The minimum Gasteiger partial charge on any atom is -0.295 e. The molecule has 1 fully saturated rings. The first kappa shape index (κ1) is 16.0. The molecule has 0 N–H and O–H groups in total. The van der Waals surface area contributed by atoms with E-state index in [1.54, 1.807) is 0 Å². The Bertz CT molecular complexity index is 290. The van der Waals surface area contributed by atoms with Crippen molar-refractivity contribution in [1.82, 2.24) is 4.90 Å². The van der Waals surface area contributed by atoms with Gasteiger partial charge in [-0.3, -0.25) is 4.90 Å². The molecule has 0 bridgehead atoms. The molecule has 1 aliphatic rings. The molecule has 1 saturated carbocycles. The van der Waals surface area contributed by atoms with E-state index in [1.165, 1.54) is 12.8 Å². The highest BCUT2D eigenvalue weighted by Gasteiger charge is 2.67. The number of nitrogens with zero attached hydrogens (tertiary/aromatic N) is 1. The molecule has 0 aromatic heterocycles. The summed E-state index contributed by atoms with van der Waals surface area (Å²) in [6.07, 6.45) is 2.66. The van der Waals surface area contributed by atoms with Crippen molar-refractivity contribution < 1.29 is 0 Å². The molecule has 1 aliphatic carbocycles. The molecule has 0 aromatic carbocycles. The molecule has 2 unspecified atom stereocenters. The summed E-state index contributed by atoms with van der Waals surface area (Å²) in [5, 5.41) is 0. The Hall–Kier alpha value is -0.0400. The van der Waals surface area contributed by atoms with Gasteiger partial charge in [-0.2, -0.15) is 0 Å². The average Bonchev–Trinajstić information content (AvgIpc) is 2.10. The third kappa shape index (κ3) is 1.94. The first-order chi connectivity index (χ1) is 7.82. The zero-order chi connectivity index (χ0) is 14.6. The Morgan fingerprint density at radius 1 is 1.06 bits per heavy atom. The summed E-state index contributed by atoms with van der Waals surface area (Å²) in [5.41, 5.74) is 1.22. The van der Waals surface area contributed by atoms with Gasteiger partial charge in [-0.25, -0.2) is 0 Å². The van der Waals surface area contributed by atoms with Gasteiger partial charge >= 0.3 is 0 Å². The van der Waals surface area contributed by atoms with E-state index in [9.17, 15) is 0 Å². The van der Waals surface area contributed by atoms with Crippen LogP contribution in [0, 0.1) is 16.7 Å². The van der Waals surface area contributed by atoms with E-state index in [0.717, 1.165) is 5.92 Å². The third-order valence-corrected chi connectivity index (χ3v) is 5.55. The smallest absolute Gasteiger partial charge is 0.0339 e. The van der Waals surface area contributed by atoms with Crippen molar-refractivity contribution in [3.8, 4) is 0 Å². The Morgan fingerprint density at radius 3 is 1.72 bits per heavy atom. The SMILES string of the molecule is CCC1CC(C)(C)C1(N(C)C(C)(C)C)C(C)(C)C. The lowest BCUT2D eigenvalue weighted by Gasteiger charge is -2.73. The Labute approximate surface area is 115 Å². The lowest BCUT2D eigenvalue weighted by Crippen LogP contribution is -2.77. The summed E-state index contributed by atoms with van der Waals surface area (Å²) in [4.78, 5) is 2.68. The van der Waals surface area contributed by atoms with Crippen molar-refractivity contribution in [3.05, 3.63) is 0 Å². The molecule has 0 amide bonds. The van der Waals surface area contributed by atoms with E-state index < -0.39 is 0 Å². The second-order valence-corrected chi connectivity index (χ2v) is 8.94. The van der Waals surface area contributed by atoms with Crippen LogP contribution in [0.2, 0.25) is 0 Å². The molecular formula is C17H35N. The lowest BCUT2D eigenvalue weighted by atomic mass is 9.40. The summed E-state index contributed by atoms with van der Waals surface area (Å²) in [7, 11) is 2.34. The van der Waals surface area contributed by atoms with E-state index in [4.69, 9.17) is 0 Å². The molecule has 2 atom stereocenters. The molecule has 0 aliphatic heterocycles. The van der Waals surface area contributed by atoms with Crippen molar-refractivity contribution in [3.63, 3.8) is 0 Å². The van der Waals surface area contributed by atoms with E-state index >= 15 is 0 Å². The molecule has 1 heteroatoms. The van der Waals surface area contributed by atoms with Gasteiger partial charge in [0, 0.05) is 11.1 Å². The molecule has 0 saturated heterocycles. The summed E-state index contributed by atoms with van der Waals surface area (Å²) in [6, 6.07) is 0. The lowest BCUT2D eigenvalue weighted by molar-refractivity contribution is -0.229. The van der Waals surface area contributed by atoms with Gasteiger partial charge in [-0.1, -0.05) is 48.0 Å². The first-order valence-corrected chi connectivity index (χ1v) is 7.56. The summed E-state index contributed by atoms with van der Waals surface area (Å²) in [5.74, 6) is 0.816. The van der Waals surface area contributed by atoms with Gasteiger partial charge in [-0.15, -0.1) is 0 Å². The van der Waals surface area contributed by atoms with Gasteiger partial charge in [0.05, 0.1) is 0 Å². The van der Waals surface area contributed by atoms with Crippen LogP contribution < -0.4 is 0 Å². The van der Waals surface area contributed by atoms with E-state index in [0.29, 0.717) is 16.4 Å². The van der Waals surface area contributed by atoms with E-state index in [-0.39, 0.29) is 5.54 Å². The molecule has 0 aromatic rings. The van der Waals surface area contributed by atoms with Crippen molar-refractivity contribution in [2.45, 2.75) is 86.2 Å². The number of hydrogen-bond donors (Lipinski definition) is 0. The number of rotatable bonds is 2. The van der Waals surface area contributed by atoms with Crippen LogP contribution in [0.25, 0.3) is 0 Å². The molecule has 0 spiro atoms. The van der Waals surface area contributed by atoms with Crippen LogP contribution in [0.4, 0.5) is 0 Å². The standard InChI is InChI=1S/C17H35N/c1-11-13-12-16(8,9)17(13,14(2,3)4)18(10)15(5,6)7/h13H,11-12H2,1-10H3. The van der Waals surface area contributed by atoms with Crippen molar-refractivity contribution in [2.75, 3.05) is 7.05 Å². The highest BCUT2D eigenvalue weighted by atomic mass is 15.3. The zero-order valence-corrected chi connectivity index (χ0v) is 14.4. The summed E-state index contributed by atoms with van der Waals surface area (Å²) < 4.78 is 0. The van der Waals surface area contributed by atoms with Crippen LogP contribution in [-0.2, 0) is 0 Å². The highest BCUT2D eigenvalue weighted by molar-refractivity contribution is 5.20. The Balaban J connectivity index is 3.36. The quantitative estimate of drug-likeness (QED) is 0.672. The maximum Gasteiger partial charge on any atom is 0.0339 e. The molecular weight excluding hydrogens is 218 g/mol. The molecule has 18 heavy (non-hydrogen) atoms. The summed E-state index contributed by atoms with van der Waals surface area (Å²) in [6.45, 7) is 21.6. The minimum absolute atomic E-state index is 0.221. The Morgan fingerprint density at radius 2 is 1.50 bits per heavy atom. The summed E-state index contributed by atoms with van der Waals surface area (Å²) >= 11 is 0. The fourth-order valence-corrected chi connectivity index (χ4v) is 5.17. The largest absolute Gasteiger partial charge is 0.295 e. The predicted octanol–water partition coefficient (Wildman–Crippen LogP) is 4.96.